The van der Waals surface area contributed by atoms with Gasteiger partial charge in [-0.05, 0) is 38.3 Å². The van der Waals surface area contributed by atoms with Crippen molar-refractivity contribution in [3.8, 4) is 5.75 Å². The fourth-order valence-electron chi connectivity index (χ4n) is 2.54. The minimum atomic E-state index is -0.781. The van der Waals surface area contributed by atoms with Crippen molar-refractivity contribution in [2.24, 2.45) is 5.92 Å². The van der Waals surface area contributed by atoms with Gasteiger partial charge in [0, 0.05) is 6.04 Å². The van der Waals surface area contributed by atoms with Crippen molar-refractivity contribution in [3.05, 3.63) is 29.8 Å². The molecule has 0 aliphatic heterocycles. The van der Waals surface area contributed by atoms with E-state index in [4.69, 9.17) is 9.84 Å². The van der Waals surface area contributed by atoms with Crippen LogP contribution in [0.1, 0.15) is 36.5 Å². The highest BCUT2D eigenvalue weighted by molar-refractivity contribution is 5.97. The Bertz CT molecular complexity index is 500. The molecule has 108 valence electrons. The van der Waals surface area contributed by atoms with Crippen LogP contribution in [0.15, 0.2) is 24.3 Å². The zero-order valence-electron chi connectivity index (χ0n) is 11.5. The van der Waals surface area contributed by atoms with Gasteiger partial charge in [0.2, 0.25) is 0 Å². The van der Waals surface area contributed by atoms with Gasteiger partial charge in [-0.2, -0.15) is 0 Å². The molecule has 0 spiro atoms. The second kappa shape index (κ2) is 6.41. The Morgan fingerprint density at radius 2 is 2.10 bits per heavy atom. The number of nitrogens with one attached hydrogen (secondary N) is 1. The Balaban J connectivity index is 2.01. The van der Waals surface area contributed by atoms with Gasteiger partial charge in [0.15, 0.2) is 0 Å². The van der Waals surface area contributed by atoms with Crippen molar-refractivity contribution in [2.45, 2.75) is 32.2 Å². The van der Waals surface area contributed by atoms with Crippen molar-refractivity contribution in [2.75, 3.05) is 6.61 Å². The molecule has 0 heterocycles. The molecule has 1 aliphatic carbocycles. The molecule has 0 radical (unpaired) electrons. The second-order valence-corrected chi connectivity index (χ2v) is 4.95. The van der Waals surface area contributed by atoms with Crippen molar-refractivity contribution in [1.82, 2.24) is 5.32 Å². The van der Waals surface area contributed by atoms with Crippen LogP contribution in [-0.4, -0.2) is 29.6 Å². The quantitative estimate of drug-likeness (QED) is 0.864. The maximum Gasteiger partial charge on any atom is 0.306 e. The van der Waals surface area contributed by atoms with E-state index >= 15 is 0 Å². The lowest BCUT2D eigenvalue weighted by Crippen LogP contribution is -2.33. The van der Waals surface area contributed by atoms with E-state index in [0.29, 0.717) is 37.2 Å². The summed E-state index contributed by atoms with van der Waals surface area (Å²) in [6, 6.07) is 7.00. The van der Waals surface area contributed by atoms with Gasteiger partial charge in [-0.15, -0.1) is 0 Å². The number of amides is 1. The molecule has 2 atom stereocenters. The van der Waals surface area contributed by atoms with Crippen LogP contribution in [-0.2, 0) is 4.79 Å². The van der Waals surface area contributed by atoms with Gasteiger partial charge in [-0.3, -0.25) is 9.59 Å². The highest BCUT2D eigenvalue weighted by Gasteiger charge is 2.31. The van der Waals surface area contributed by atoms with Crippen molar-refractivity contribution >= 4 is 11.9 Å². The third kappa shape index (κ3) is 3.29. The lowest BCUT2D eigenvalue weighted by molar-refractivity contribution is -0.141. The number of ether oxygens (including phenoxy) is 1. The van der Waals surface area contributed by atoms with Gasteiger partial charge >= 0.3 is 5.97 Å². The summed E-state index contributed by atoms with van der Waals surface area (Å²) in [6.07, 6.45) is 1.82. The predicted molar refractivity (Wildman–Crippen MR) is 73.8 cm³/mol. The molecule has 1 aliphatic rings. The van der Waals surface area contributed by atoms with E-state index in [0.717, 1.165) is 0 Å². The highest BCUT2D eigenvalue weighted by atomic mass is 16.5. The summed E-state index contributed by atoms with van der Waals surface area (Å²) in [4.78, 5) is 23.1. The second-order valence-electron chi connectivity index (χ2n) is 4.95. The van der Waals surface area contributed by atoms with Gasteiger partial charge < -0.3 is 15.2 Å². The monoisotopic (exact) mass is 277 g/mol. The van der Waals surface area contributed by atoms with Crippen LogP contribution in [0.5, 0.6) is 5.75 Å². The van der Waals surface area contributed by atoms with E-state index in [-0.39, 0.29) is 17.9 Å². The maximum atomic E-state index is 12.2. The molecule has 5 heteroatoms. The van der Waals surface area contributed by atoms with Crippen LogP contribution < -0.4 is 10.1 Å². The molecule has 1 fully saturated rings. The third-order valence-corrected chi connectivity index (χ3v) is 3.55. The van der Waals surface area contributed by atoms with Gasteiger partial charge in [0.1, 0.15) is 5.75 Å². The fraction of sp³-hybridized carbons (Fsp3) is 0.467. The van der Waals surface area contributed by atoms with Crippen molar-refractivity contribution in [1.29, 1.82) is 0 Å². The Morgan fingerprint density at radius 1 is 1.35 bits per heavy atom. The van der Waals surface area contributed by atoms with E-state index < -0.39 is 5.97 Å². The number of hydrogen-bond donors (Lipinski definition) is 2. The molecule has 2 rings (SSSR count). The number of carbonyl (C=O) groups is 2. The largest absolute Gasteiger partial charge is 0.493 e. The van der Waals surface area contributed by atoms with E-state index in [1.807, 2.05) is 13.0 Å². The summed E-state index contributed by atoms with van der Waals surface area (Å²) >= 11 is 0. The van der Waals surface area contributed by atoms with E-state index in [1.165, 1.54) is 0 Å². The highest BCUT2D eigenvalue weighted by Crippen LogP contribution is 2.26. The number of benzene rings is 1. The molecule has 0 unspecified atom stereocenters. The molecular formula is C15H19NO4. The van der Waals surface area contributed by atoms with Gasteiger partial charge in [0.05, 0.1) is 18.1 Å². The minimum absolute atomic E-state index is 0.0710. The van der Waals surface area contributed by atoms with Crippen LogP contribution in [0, 0.1) is 5.92 Å². The first kappa shape index (κ1) is 14.4. The Labute approximate surface area is 117 Å². The Morgan fingerprint density at radius 3 is 2.75 bits per heavy atom. The molecule has 0 saturated heterocycles. The van der Waals surface area contributed by atoms with Gasteiger partial charge in [-0.1, -0.05) is 12.1 Å². The summed E-state index contributed by atoms with van der Waals surface area (Å²) in [7, 11) is 0. The van der Waals surface area contributed by atoms with Crippen LogP contribution in [0.4, 0.5) is 0 Å². The summed E-state index contributed by atoms with van der Waals surface area (Å²) < 4.78 is 5.43. The molecule has 5 nitrogen and oxygen atoms in total. The SMILES string of the molecule is CCOc1ccccc1C(=O)N[C@H]1CC[C@@H](C(=O)O)C1. The number of aliphatic carboxylic acids is 1. The topological polar surface area (TPSA) is 75.6 Å². The molecule has 1 aromatic carbocycles. The lowest BCUT2D eigenvalue weighted by atomic mass is 10.1. The average molecular weight is 277 g/mol. The van der Waals surface area contributed by atoms with Crippen molar-refractivity contribution < 1.29 is 19.4 Å². The summed E-state index contributed by atoms with van der Waals surface area (Å²) in [5.41, 5.74) is 0.494. The average Bonchev–Trinajstić information content (AvgIpc) is 2.88. The Kier molecular flexibility index (Phi) is 4.61. The molecule has 1 aromatic rings. The van der Waals surface area contributed by atoms with Crippen LogP contribution >= 0.6 is 0 Å². The molecule has 0 aromatic heterocycles. The molecule has 20 heavy (non-hydrogen) atoms. The smallest absolute Gasteiger partial charge is 0.306 e. The standard InChI is InChI=1S/C15H19NO4/c1-2-20-13-6-4-3-5-12(13)14(17)16-11-8-7-10(9-11)15(18)19/h3-6,10-11H,2,7-9H2,1H3,(H,16,17)(H,18,19)/t10-,11+/m1/s1. The first-order valence-corrected chi connectivity index (χ1v) is 6.87. The zero-order valence-corrected chi connectivity index (χ0v) is 11.5. The number of carboxylic acids is 1. The van der Waals surface area contributed by atoms with Crippen LogP contribution in [0.2, 0.25) is 0 Å². The molecule has 0 bridgehead atoms. The zero-order chi connectivity index (χ0) is 14.5. The van der Waals surface area contributed by atoms with E-state index in [2.05, 4.69) is 5.32 Å². The summed E-state index contributed by atoms with van der Waals surface area (Å²) in [5, 5.41) is 11.9. The number of rotatable bonds is 5. The Hall–Kier alpha value is -2.04. The molecular weight excluding hydrogens is 258 g/mol. The summed E-state index contributed by atoms with van der Waals surface area (Å²) in [5.74, 6) is -0.774. The minimum Gasteiger partial charge on any atom is -0.493 e. The predicted octanol–water partition coefficient (Wildman–Crippen LogP) is 2.07. The number of carboxylic acid groups (broad SMARTS) is 1. The fourth-order valence-corrected chi connectivity index (χ4v) is 2.54. The maximum absolute atomic E-state index is 12.2. The molecule has 2 N–H and O–H groups in total. The van der Waals surface area contributed by atoms with Crippen molar-refractivity contribution in [3.63, 3.8) is 0 Å². The van der Waals surface area contributed by atoms with Crippen LogP contribution in [0.25, 0.3) is 0 Å². The van der Waals surface area contributed by atoms with Gasteiger partial charge in [-0.25, -0.2) is 0 Å². The lowest BCUT2D eigenvalue weighted by Gasteiger charge is -2.14. The first-order valence-electron chi connectivity index (χ1n) is 6.87. The third-order valence-electron chi connectivity index (χ3n) is 3.55. The number of hydrogen-bond acceptors (Lipinski definition) is 3. The number of carbonyl (C=O) groups excluding carboxylic acids is 1. The van der Waals surface area contributed by atoms with Crippen LogP contribution in [0.3, 0.4) is 0 Å². The summed E-state index contributed by atoms with van der Waals surface area (Å²) in [6.45, 7) is 2.36. The van der Waals surface area contributed by atoms with Gasteiger partial charge in [0.25, 0.3) is 5.91 Å². The normalized spacial score (nSPS) is 21.4. The van der Waals surface area contributed by atoms with E-state index in [1.54, 1.807) is 18.2 Å². The first-order chi connectivity index (χ1) is 9.61. The molecule has 1 amide bonds. The van der Waals surface area contributed by atoms with E-state index in [9.17, 15) is 9.59 Å². The number of para-hydroxylation sites is 1. The molecule has 1 saturated carbocycles.